The van der Waals surface area contributed by atoms with Gasteiger partial charge in [0.1, 0.15) is 0 Å². The number of hydrogen-bond donors (Lipinski definition) is 1. The fourth-order valence-corrected chi connectivity index (χ4v) is 3.63. The monoisotopic (exact) mass is 244 g/mol. The van der Waals surface area contributed by atoms with Gasteiger partial charge in [0.2, 0.25) is 0 Å². The highest BCUT2D eigenvalue weighted by Gasteiger charge is 2.57. The Morgan fingerprint density at radius 3 is 2.50 bits per heavy atom. The van der Waals surface area contributed by atoms with Crippen molar-refractivity contribution >= 4 is 8.32 Å². The number of aliphatic hydroxyl groups excluding tert-OH is 1. The molecule has 1 aliphatic carbocycles. The van der Waals surface area contributed by atoms with E-state index in [1.807, 2.05) is 0 Å². The zero-order chi connectivity index (χ0) is 12.1. The van der Waals surface area contributed by atoms with Gasteiger partial charge in [-0.05, 0) is 18.1 Å². The summed E-state index contributed by atoms with van der Waals surface area (Å²) in [4.78, 5) is 0. The zero-order valence-electron chi connectivity index (χ0n) is 11.0. The van der Waals surface area contributed by atoms with Gasteiger partial charge in [-0.1, -0.05) is 20.8 Å². The molecule has 4 heteroatoms. The summed E-state index contributed by atoms with van der Waals surface area (Å²) < 4.78 is 11.8. The van der Waals surface area contributed by atoms with E-state index >= 15 is 0 Å². The summed E-state index contributed by atoms with van der Waals surface area (Å²) in [6.45, 7) is 11.5. The van der Waals surface area contributed by atoms with Gasteiger partial charge in [-0.3, -0.25) is 0 Å². The van der Waals surface area contributed by atoms with E-state index in [9.17, 15) is 5.11 Å². The van der Waals surface area contributed by atoms with Crippen LogP contribution < -0.4 is 0 Å². The summed E-state index contributed by atoms with van der Waals surface area (Å²) in [6.07, 6.45) is 1.84. The van der Waals surface area contributed by atoms with Gasteiger partial charge in [0.25, 0.3) is 0 Å². The van der Waals surface area contributed by atoms with Crippen LogP contribution in [0.25, 0.3) is 0 Å². The highest BCUT2D eigenvalue weighted by molar-refractivity contribution is 6.74. The van der Waals surface area contributed by atoms with Crippen LogP contribution in [0.1, 0.15) is 27.2 Å². The molecule has 3 nitrogen and oxygen atoms in total. The molecule has 1 saturated carbocycles. The van der Waals surface area contributed by atoms with E-state index in [2.05, 4.69) is 33.9 Å². The molecule has 2 fully saturated rings. The van der Waals surface area contributed by atoms with Gasteiger partial charge in [-0.2, -0.15) is 0 Å². The minimum absolute atomic E-state index is 0.195. The molecule has 94 valence electrons. The summed E-state index contributed by atoms with van der Waals surface area (Å²) in [5, 5.41) is 9.63. The van der Waals surface area contributed by atoms with Crippen LogP contribution in [0.2, 0.25) is 18.1 Å². The van der Waals surface area contributed by atoms with E-state index in [1.165, 1.54) is 0 Å². The summed E-state index contributed by atoms with van der Waals surface area (Å²) in [7, 11) is -1.70. The first kappa shape index (κ1) is 12.6. The van der Waals surface area contributed by atoms with Crippen molar-refractivity contribution in [2.24, 2.45) is 5.92 Å². The molecular formula is C12H24O3Si. The highest BCUT2D eigenvalue weighted by Crippen LogP contribution is 2.47. The maximum atomic E-state index is 9.39. The number of aliphatic hydroxyl groups is 1. The number of ether oxygens (including phenoxy) is 1. The summed E-state index contributed by atoms with van der Waals surface area (Å²) in [6, 6.07) is 0. The Morgan fingerprint density at radius 2 is 2.00 bits per heavy atom. The fraction of sp³-hybridized carbons (Fsp3) is 1.00. The van der Waals surface area contributed by atoms with Crippen LogP contribution >= 0.6 is 0 Å². The fourth-order valence-electron chi connectivity index (χ4n) is 2.25. The van der Waals surface area contributed by atoms with E-state index in [0.29, 0.717) is 6.10 Å². The first-order valence-corrected chi connectivity index (χ1v) is 9.11. The largest absolute Gasteiger partial charge is 0.413 e. The van der Waals surface area contributed by atoms with Gasteiger partial charge >= 0.3 is 0 Å². The molecule has 1 aliphatic heterocycles. The lowest BCUT2D eigenvalue weighted by Crippen LogP contribution is -2.46. The summed E-state index contributed by atoms with van der Waals surface area (Å²) in [5.74, 6) is 0.208. The molecular weight excluding hydrogens is 220 g/mol. The maximum absolute atomic E-state index is 9.39. The molecule has 0 aromatic rings. The molecule has 0 aromatic carbocycles. The predicted molar refractivity (Wildman–Crippen MR) is 65.9 cm³/mol. The predicted octanol–water partition coefficient (Wildman–Crippen LogP) is 2.16. The molecule has 4 unspecified atom stereocenters. The van der Waals surface area contributed by atoms with Crippen molar-refractivity contribution < 1.29 is 14.3 Å². The van der Waals surface area contributed by atoms with Crippen molar-refractivity contribution in [3.05, 3.63) is 0 Å². The minimum atomic E-state index is -1.70. The Hall–Kier alpha value is 0.0969. The second kappa shape index (κ2) is 3.80. The lowest BCUT2D eigenvalue weighted by Gasteiger charge is -2.40. The van der Waals surface area contributed by atoms with Crippen LogP contribution in [0.3, 0.4) is 0 Å². The van der Waals surface area contributed by atoms with Gasteiger partial charge in [-0.25, -0.2) is 0 Å². The van der Waals surface area contributed by atoms with Crippen LogP contribution in [-0.4, -0.2) is 38.3 Å². The van der Waals surface area contributed by atoms with Crippen LogP contribution in [0.5, 0.6) is 0 Å². The van der Waals surface area contributed by atoms with Crippen molar-refractivity contribution in [3.8, 4) is 0 Å². The zero-order valence-corrected chi connectivity index (χ0v) is 12.0. The molecule has 0 aromatic heterocycles. The van der Waals surface area contributed by atoms with E-state index in [1.54, 1.807) is 0 Å². The molecule has 0 amide bonds. The molecule has 0 bridgehead atoms. The van der Waals surface area contributed by atoms with Crippen molar-refractivity contribution in [2.75, 3.05) is 6.61 Å². The Balaban J connectivity index is 2.00. The third-order valence-electron chi connectivity index (χ3n) is 4.45. The molecule has 2 aliphatic rings. The second-order valence-corrected chi connectivity index (χ2v) is 11.4. The quantitative estimate of drug-likeness (QED) is 0.611. The molecule has 1 N–H and O–H groups in total. The maximum Gasteiger partial charge on any atom is 0.192 e. The van der Waals surface area contributed by atoms with Crippen molar-refractivity contribution in [1.82, 2.24) is 0 Å². The van der Waals surface area contributed by atoms with Crippen LogP contribution in [0.4, 0.5) is 0 Å². The third-order valence-corrected chi connectivity index (χ3v) is 8.95. The second-order valence-electron chi connectivity index (χ2n) is 6.64. The first-order valence-electron chi connectivity index (χ1n) is 6.20. The molecule has 2 rings (SSSR count). The van der Waals surface area contributed by atoms with Crippen molar-refractivity contribution in [2.45, 2.75) is 63.6 Å². The average molecular weight is 244 g/mol. The van der Waals surface area contributed by atoms with Gasteiger partial charge in [-0.15, -0.1) is 0 Å². The lowest BCUT2D eigenvalue weighted by atomic mass is 10.1. The Morgan fingerprint density at radius 1 is 1.38 bits per heavy atom. The topological polar surface area (TPSA) is 42.0 Å². The highest BCUT2D eigenvalue weighted by atomic mass is 28.4. The third kappa shape index (κ3) is 2.08. The van der Waals surface area contributed by atoms with Crippen molar-refractivity contribution in [1.29, 1.82) is 0 Å². The van der Waals surface area contributed by atoms with Crippen molar-refractivity contribution in [3.63, 3.8) is 0 Å². The molecule has 0 radical (unpaired) electrons. The normalized spacial score (nSPS) is 38.6. The smallest absolute Gasteiger partial charge is 0.192 e. The molecule has 1 heterocycles. The molecule has 0 spiro atoms. The average Bonchev–Trinajstić information content (AvgIpc) is 2.76. The van der Waals surface area contributed by atoms with Crippen LogP contribution in [-0.2, 0) is 9.16 Å². The van der Waals surface area contributed by atoms with Gasteiger partial charge in [0, 0.05) is 12.3 Å². The number of epoxide rings is 1. The summed E-state index contributed by atoms with van der Waals surface area (Å²) >= 11 is 0. The van der Waals surface area contributed by atoms with E-state index < -0.39 is 8.32 Å². The van der Waals surface area contributed by atoms with Gasteiger partial charge < -0.3 is 14.3 Å². The van der Waals surface area contributed by atoms with Gasteiger partial charge in [0.15, 0.2) is 8.32 Å². The van der Waals surface area contributed by atoms with Crippen LogP contribution in [0, 0.1) is 5.92 Å². The van der Waals surface area contributed by atoms with E-state index in [-0.39, 0.29) is 29.8 Å². The standard InChI is InChI=1S/C12H24O3Si/c1-12(2,3)16(4,5)15-9-6-10-11(14-10)8(9)7-13/h8-11,13H,6-7H2,1-5H3. The minimum Gasteiger partial charge on any atom is -0.413 e. The Kier molecular flexibility index (Phi) is 2.98. The van der Waals surface area contributed by atoms with E-state index in [4.69, 9.17) is 9.16 Å². The molecule has 4 atom stereocenters. The van der Waals surface area contributed by atoms with Crippen LogP contribution in [0.15, 0.2) is 0 Å². The number of fused-ring (bicyclic) bond motifs is 1. The number of hydrogen-bond acceptors (Lipinski definition) is 3. The van der Waals surface area contributed by atoms with E-state index in [0.717, 1.165) is 6.42 Å². The first-order chi connectivity index (χ1) is 7.26. The Labute approximate surface area is 99.3 Å². The summed E-state index contributed by atoms with van der Waals surface area (Å²) in [5.41, 5.74) is 0. The van der Waals surface area contributed by atoms with Gasteiger partial charge in [0.05, 0.1) is 24.9 Å². The number of rotatable bonds is 3. The molecule has 1 saturated heterocycles. The Bertz CT molecular complexity index is 272. The molecule has 16 heavy (non-hydrogen) atoms. The SMILES string of the molecule is CC(C)(C)[Si](C)(C)OC1CC2OC2C1CO. The lowest BCUT2D eigenvalue weighted by molar-refractivity contribution is 0.0496.